The van der Waals surface area contributed by atoms with Crippen molar-refractivity contribution in [2.75, 3.05) is 5.73 Å². The van der Waals surface area contributed by atoms with Crippen molar-refractivity contribution in [3.8, 4) is 33.4 Å². The molecule has 0 bridgehead atoms. The Morgan fingerprint density at radius 3 is 1.70 bits per heavy atom. The summed E-state index contributed by atoms with van der Waals surface area (Å²) < 4.78 is 0. The van der Waals surface area contributed by atoms with Crippen molar-refractivity contribution in [1.29, 1.82) is 0 Å². The Labute approximate surface area is 293 Å². The molecule has 4 N–H and O–H groups in total. The van der Waals surface area contributed by atoms with Crippen LogP contribution >= 0.6 is 0 Å². The summed E-state index contributed by atoms with van der Waals surface area (Å²) in [6.07, 6.45) is 3.80. The molecule has 0 spiro atoms. The number of nitrogen functional groups attached to an aromatic ring is 1. The van der Waals surface area contributed by atoms with Gasteiger partial charge in [0, 0.05) is 16.8 Å². The summed E-state index contributed by atoms with van der Waals surface area (Å²) in [4.78, 5) is 5.12. The molecule has 2 unspecified atom stereocenters. The zero-order valence-electron chi connectivity index (χ0n) is 27.9. The highest BCUT2D eigenvalue weighted by atomic mass is 15.3. The Bertz CT molecular complexity index is 2320. The van der Waals surface area contributed by atoms with Gasteiger partial charge in [0.2, 0.25) is 0 Å². The number of para-hydroxylation sites is 1. The van der Waals surface area contributed by atoms with Gasteiger partial charge in [-0.05, 0) is 62.2 Å². The quantitative estimate of drug-likeness (QED) is 0.151. The molecule has 0 aromatic heterocycles. The molecule has 0 fully saturated rings. The highest BCUT2D eigenvalue weighted by molar-refractivity contribution is 6.05. The van der Waals surface area contributed by atoms with Crippen LogP contribution in [0.25, 0.3) is 50.2 Å². The maximum Gasteiger partial charge on any atom is 0.131 e. The highest BCUT2D eigenvalue weighted by Gasteiger charge is 2.25. The molecule has 1 aliphatic heterocycles. The van der Waals surface area contributed by atoms with E-state index < -0.39 is 0 Å². The molecule has 50 heavy (non-hydrogen) atoms. The van der Waals surface area contributed by atoms with Gasteiger partial charge in [-0.25, -0.2) is 4.99 Å². The fourth-order valence-corrected chi connectivity index (χ4v) is 6.93. The Morgan fingerprint density at radius 2 is 1.08 bits per heavy atom. The van der Waals surface area contributed by atoms with E-state index in [1.807, 2.05) is 25.1 Å². The number of aliphatic imine (C=N–C) groups is 1. The summed E-state index contributed by atoms with van der Waals surface area (Å²) in [5, 5.41) is 9.77. The molecular formula is C46H38N4. The summed E-state index contributed by atoms with van der Waals surface area (Å²) in [6, 6.07) is 57.8. The third kappa shape index (κ3) is 6.09. The van der Waals surface area contributed by atoms with Crippen LogP contribution in [0.2, 0.25) is 0 Å². The van der Waals surface area contributed by atoms with Crippen LogP contribution in [0.4, 0.5) is 5.69 Å². The maximum absolute atomic E-state index is 6.55. The normalized spacial score (nSPS) is 15.9. The van der Waals surface area contributed by atoms with Gasteiger partial charge in [0.15, 0.2) is 0 Å². The molecule has 1 aliphatic rings. The monoisotopic (exact) mass is 646 g/mol. The second-order valence-corrected chi connectivity index (χ2v) is 12.6. The van der Waals surface area contributed by atoms with Crippen LogP contribution in [-0.4, -0.2) is 5.84 Å². The average molecular weight is 647 g/mol. The minimum Gasteiger partial charge on any atom is -0.398 e. The van der Waals surface area contributed by atoms with Crippen molar-refractivity contribution in [1.82, 2.24) is 10.6 Å². The fourth-order valence-electron chi connectivity index (χ4n) is 6.93. The van der Waals surface area contributed by atoms with Gasteiger partial charge in [0.05, 0.1) is 0 Å². The molecule has 0 amide bonds. The molecule has 7 aromatic rings. The summed E-state index contributed by atoms with van der Waals surface area (Å²) in [5.74, 6) is 0.882. The Hall–Kier alpha value is -6.23. The minimum absolute atomic E-state index is 0.0696. The molecule has 1 heterocycles. The van der Waals surface area contributed by atoms with Crippen LogP contribution in [0, 0.1) is 0 Å². The first-order chi connectivity index (χ1) is 24.7. The molecule has 0 radical (unpaired) electrons. The van der Waals surface area contributed by atoms with E-state index in [4.69, 9.17) is 10.7 Å². The zero-order valence-corrected chi connectivity index (χ0v) is 27.9. The summed E-state index contributed by atoms with van der Waals surface area (Å²) >= 11 is 0. The van der Waals surface area contributed by atoms with Crippen molar-refractivity contribution in [2.24, 2.45) is 4.99 Å². The first kappa shape index (κ1) is 31.1. The topological polar surface area (TPSA) is 62.4 Å². The number of nitrogens with one attached hydrogen (secondary N) is 2. The van der Waals surface area contributed by atoms with E-state index >= 15 is 0 Å². The average Bonchev–Trinajstić information content (AvgIpc) is 3.19. The first-order valence-corrected chi connectivity index (χ1v) is 17.1. The van der Waals surface area contributed by atoms with Crippen molar-refractivity contribution in [3.05, 3.63) is 192 Å². The Balaban J connectivity index is 1.10. The lowest BCUT2D eigenvalue weighted by Gasteiger charge is -2.32. The molecule has 4 nitrogen and oxygen atoms in total. The number of fused-ring (bicyclic) bond motifs is 1. The number of hydrogen-bond acceptors (Lipinski definition) is 4. The number of hydrogen-bond donors (Lipinski definition) is 3. The predicted molar refractivity (Wildman–Crippen MR) is 211 cm³/mol. The van der Waals surface area contributed by atoms with Gasteiger partial charge in [0.25, 0.3) is 0 Å². The SMILES string of the molecule is C/C=C\c1cccc(-c2ccc(-c3ccc(-c4ccc(C5N=C(c6ccccc6)NC(c6ccccc6)N5)cc4)c4ccccc34)cc2)c1N. The predicted octanol–water partition coefficient (Wildman–Crippen LogP) is 10.8. The minimum atomic E-state index is -0.200. The number of allylic oxidation sites excluding steroid dienone is 1. The van der Waals surface area contributed by atoms with Gasteiger partial charge in [-0.3, -0.25) is 5.32 Å². The molecule has 0 aliphatic carbocycles. The summed E-state index contributed by atoms with van der Waals surface area (Å²) in [5.41, 5.74) is 18.6. The molecule has 0 saturated heterocycles. The standard InChI is InChI=1S/C46H38N4/c1-2-12-34-17-11-20-40(43(34)47)33-23-21-31(22-24-33)38-29-30-39(42-19-10-9-18-41(38)42)32-25-27-37(28-26-32)46-49-44(35-13-5-3-6-14-35)48-45(50-46)36-15-7-4-8-16-36/h2-30,44,46,49H,47H2,1H3,(H,48,50)/b12-2-. The lowest BCUT2D eigenvalue weighted by Crippen LogP contribution is -2.44. The second kappa shape index (κ2) is 13.7. The van der Waals surface area contributed by atoms with Gasteiger partial charge < -0.3 is 11.1 Å². The lowest BCUT2D eigenvalue weighted by molar-refractivity contribution is 0.409. The number of benzene rings is 7. The number of nitrogens with zero attached hydrogens (tertiary/aromatic N) is 1. The third-order valence-corrected chi connectivity index (χ3v) is 9.50. The highest BCUT2D eigenvalue weighted by Crippen LogP contribution is 2.38. The zero-order chi connectivity index (χ0) is 33.9. The fraction of sp³-hybridized carbons (Fsp3) is 0.0652. The Morgan fingerprint density at radius 1 is 0.520 bits per heavy atom. The van der Waals surface area contributed by atoms with E-state index in [0.29, 0.717) is 0 Å². The molecule has 7 aromatic carbocycles. The van der Waals surface area contributed by atoms with E-state index in [1.54, 1.807) is 0 Å². The summed E-state index contributed by atoms with van der Waals surface area (Å²) in [7, 11) is 0. The van der Waals surface area contributed by atoms with Crippen LogP contribution in [0.1, 0.15) is 41.5 Å². The van der Waals surface area contributed by atoms with E-state index in [-0.39, 0.29) is 12.3 Å². The number of nitrogens with two attached hydrogens (primary N) is 1. The molecule has 0 saturated carbocycles. The van der Waals surface area contributed by atoms with Crippen molar-refractivity contribution >= 4 is 28.4 Å². The van der Waals surface area contributed by atoms with Crippen LogP contribution in [0.5, 0.6) is 0 Å². The molecule has 8 rings (SSSR count). The van der Waals surface area contributed by atoms with Gasteiger partial charge >= 0.3 is 0 Å². The van der Waals surface area contributed by atoms with Crippen LogP contribution < -0.4 is 16.4 Å². The lowest BCUT2D eigenvalue weighted by atomic mass is 9.91. The molecule has 4 heteroatoms. The largest absolute Gasteiger partial charge is 0.398 e. The van der Waals surface area contributed by atoms with Gasteiger partial charge in [-0.15, -0.1) is 0 Å². The smallest absolute Gasteiger partial charge is 0.131 e. The van der Waals surface area contributed by atoms with Crippen molar-refractivity contribution in [2.45, 2.75) is 19.3 Å². The molecule has 242 valence electrons. The van der Waals surface area contributed by atoms with E-state index in [2.05, 4.69) is 168 Å². The van der Waals surface area contributed by atoms with E-state index in [1.165, 1.54) is 38.6 Å². The number of amidine groups is 1. The van der Waals surface area contributed by atoms with Crippen molar-refractivity contribution in [3.63, 3.8) is 0 Å². The summed E-state index contributed by atoms with van der Waals surface area (Å²) in [6.45, 7) is 2.01. The van der Waals surface area contributed by atoms with Crippen LogP contribution in [0.3, 0.4) is 0 Å². The molecule has 2 atom stereocenters. The molecular weight excluding hydrogens is 609 g/mol. The third-order valence-electron chi connectivity index (χ3n) is 9.50. The van der Waals surface area contributed by atoms with E-state index in [9.17, 15) is 0 Å². The van der Waals surface area contributed by atoms with Gasteiger partial charge in [-0.2, -0.15) is 0 Å². The van der Waals surface area contributed by atoms with Crippen LogP contribution in [-0.2, 0) is 0 Å². The second-order valence-electron chi connectivity index (χ2n) is 12.6. The van der Waals surface area contributed by atoms with Crippen molar-refractivity contribution < 1.29 is 0 Å². The maximum atomic E-state index is 6.55. The van der Waals surface area contributed by atoms with Crippen LogP contribution in [0.15, 0.2) is 175 Å². The number of anilines is 1. The van der Waals surface area contributed by atoms with Gasteiger partial charge in [-0.1, -0.05) is 176 Å². The Kier molecular flexibility index (Phi) is 8.52. The first-order valence-electron chi connectivity index (χ1n) is 17.1. The van der Waals surface area contributed by atoms with E-state index in [0.717, 1.165) is 39.3 Å². The van der Waals surface area contributed by atoms with Gasteiger partial charge in [0.1, 0.15) is 18.2 Å². The number of rotatable bonds is 7.